The Morgan fingerprint density at radius 3 is 2.38 bits per heavy atom. The predicted octanol–water partition coefficient (Wildman–Crippen LogP) is 2.52. The van der Waals surface area contributed by atoms with Crippen LogP contribution in [0.3, 0.4) is 0 Å². The second-order valence-corrected chi connectivity index (χ2v) is 6.55. The molecule has 0 aromatic heterocycles. The molecule has 1 N–H and O–H groups in total. The lowest BCUT2D eigenvalue weighted by atomic mass is 9.84. The molecular weight excluding hydrogens is 182 g/mol. The quantitative estimate of drug-likeness (QED) is 0.703. The highest BCUT2D eigenvalue weighted by Gasteiger charge is 2.43. The van der Waals surface area contributed by atoms with Gasteiger partial charge in [-0.25, -0.2) is 0 Å². The topological polar surface area (TPSA) is 29.1 Å². The first kappa shape index (κ1) is 10.6. The summed E-state index contributed by atoms with van der Waals surface area (Å²) in [6, 6.07) is 0. The third kappa shape index (κ3) is 2.50. The minimum atomic E-state index is -0.324. The van der Waals surface area contributed by atoms with E-state index in [2.05, 4.69) is 32.7 Å². The molecule has 1 unspecified atom stereocenters. The summed E-state index contributed by atoms with van der Waals surface area (Å²) in [6.07, 6.45) is 0.871. The van der Waals surface area contributed by atoms with Crippen LogP contribution in [0.2, 0.25) is 0 Å². The molecule has 1 rings (SSSR count). The van der Waals surface area contributed by atoms with E-state index in [1.807, 2.05) is 6.92 Å². The van der Waals surface area contributed by atoms with Gasteiger partial charge in [0.2, 0.25) is 5.91 Å². The van der Waals surface area contributed by atoms with E-state index in [0.717, 1.165) is 11.4 Å². The lowest BCUT2D eigenvalue weighted by Crippen LogP contribution is -2.36. The first-order chi connectivity index (χ1) is 5.73. The van der Waals surface area contributed by atoms with Gasteiger partial charge in [-0.3, -0.25) is 4.79 Å². The average Bonchev–Trinajstić information content (AvgIpc) is 2.00. The van der Waals surface area contributed by atoms with Crippen LogP contribution in [-0.2, 0) is 4.79 Å². The molecule has 74 valence electrons. The van der Waals surface area contributed by atoms with E-state index in [0.29, 0.717) is 0 Å². The van der Waals surface area contributed by atoms with Crippen molar-refractivity contribution in [2.45, 2.75) is 38.9 Å². The number of nitrogens with one attached hydrogen (secondary N) is 1. The minimum Gasteiger partial charge on any atom is -0.320 e. The molecule has 1 atom stereocenters. The lowest BCUT2D eigenvalue weighted by molar-refractivity contribution is -0.122. The fourth-order valence-corrected chi connectivity index (χ4v) is 3.07. The van der Waals surface area contributed by atoms with Gasteiger partial charge in [0.25, 0.3) is 0 Å². The van der Waals surface area contributed by atoms with E-state index in [1.165, 1.54) is 0 Å². The summed E-state index contributed by atoms with van der Waals surface area (Å²) in [5, 5.41) is 3.53. The summed E-state index contributed by atoms with van der Waals surface area (Å²) in [5.41, 5.74) is 0.170. The molecule has 2 nitrogen and oxygen atoms in total. The lowest BCUT2D eigenvalue weighted by Gasteiger charge is -2.28. The van der Waals surface area contributed by atoms with Crippen LogP contribution in [0.4, 0.5) is 0 Å². The minimum absolute atomic E-state index is 0.0948. The van der Waals surface area contributed by atoms with Crippen LogP contribution in [0.1, 0.15) is 34.1 Å². The molecule has 0 aromatic rings. The molecule has 0 aliphatic carbocycles. The summed E-state index contributed by atoms with van der Waals surface area (Å²) < 4.78 is -0.324. The maximum Gasteiger partial charge on any atom is 0.241 e. The molecular formula is C10H17NOS. The van der Waals surface area contributed by atoms with Gasteiger partial charge in [0.05, 0.1) is 9.78 Å². The fraction of sp³-hybridized carbons (Fsp3) is 0.700. The number of carbonyl (C=O) groups is 1. The van der Waals surface area contributed by atoms with Crippen molar-refractivity contribution in [3.8, 4) is 0 Å². The molecule has 13 heavy (non-hydrogen) atoms. The van der Waals surface area contributed by atoms with Crippen molar-refractivity contribution >= 4 is 17.7 Å². The molecule has 0 aromatic carbocycles. The van der Waals surface area contributed by atoms with Crippen molar-refractivity contribution in [3.63, 3.8) is 0 Å². The largest absolute Gasteiger partial charge is 0.320 e. The van der Waals surface area contributed by atoms with Gasteiger partial charge in [-0.15, -0.1) is 0 Å². The summed E-state index contributed by atoms with van der Waals surface area (Å²) in [7, 11) is 0. The zero-order valence-electron chi connectivity index (χ0n) is 8.73. The number of hydrogen-bond acceptors (Lipinski definition) is 2. The van der Waals surface area contributed by atoms with Crippen molar-refractivity contribution < 1.29 is 4.79 Å². The third-order valence-electron chi connectivity index (χ3n) is 1.95. The number of hydrogen-bond donors (Lipinski definition) is 1. The van der Waals surface area contributed by atoms with Gasteiger partial charge in [-0.1, -0.05) is 39.1 Å². The van der Waals surface area contributed by atoms with Gasteiger partial charge >= 0.3 is 0 Å². The van der Waals surface area contributed by atoms with Gasteiger partial charge in [0, 0.05) is 0 Å². The molecule has 3 heteroatoms. The number of amides is 1. The molecule has 1 amide bonds. The van der Waals surface area contributed by atoms with Crippen LogP contribution < -0.4 is 5.32 Å². The SMILES string of the molecule is C=C1NC(=O)C(C)(CC(C)(C)C)S1. The van der Waals surface area contributed by atoms with Gasteiger partial charge in [-0.2, -0.15) is 0 Å². The van der Waals surface area contributed by atoms with E-state index >= 15 is 0 Å². The predicted molar refractivity (Wildman–Crippen MR) is 57.4 cm³/mol. The van der Waals surface area contributed by atoms with Crippen molar-refractivity contribution in [1.29, 1.82) is 0 Å². The van der Waals surface area contributed by atoms with Crippen molar-refractivity contribution in [2.75, 3.05) is 0 Å². The maximum absolute atomic E-state index is 11.6. The molecule has 0 bridgehead atoms. The molecule has 1 aliphatic heterocycles. The molecule has 1 heterocycles. The first-order valence-electron chi connectivity index (χ1n) is 4.42. The molecule has 0 saturated carbocycles. The second kappa shape index (κ2) is 3.05. The normalized spacial score (nSPS) is 29.2. The van der Waals surface area contributed by atoms with Crippen LogP contribution in [0.25, 0.3) is 0 Å². The van der Waals surface area contributed by atoms with Gasteiger partial charge in [0.15, 0.2) is 0 Å². The van der Waals surface area contributed by atoms with E-state index < -0.39 is 0 Å². The smallest absolute Gasteiger partial charge is 0.241 e. The van der Waals surface area contributed by atoms with E-state index in [1.54, 1.807) is 11.8 Å². The summed E-state index contributed by atoms with van der Waals surface area (Å²) in [4.78, 5) is 11.6. The Balaban J connectivity index is 2.77. The summed E-state index contributed by atoms with van der Waals surface area (Å²) >= 11 is 1.55. The second-order valence-electron chi connectivity index (χ2n) is 4.95. The summed E-state index contributed by atoms with van der Waals surface area (Å²) in [5.74, 6) is 0.0948. The van der Waals surface area contributed by atoms with Crippen LogP contribution in [-0.4, -0.2) is 10.7 Å². The molecule has 1 aliphatic rings. The zero-order chi connectivity index (χ0) is 10.3. The zero-order valence-corrected chi connectivity index (χ0v) is 9.55. The Labute approximate surface area is 84.2 Å². The highest BCUT2D eigenvalue weighted by molar-refractivity contribution is 8.05. The fourth-order valence-electron chi connectivity index (χ4n) is 1.73. The Bertz CT molecular complexity index is 254. The van der Waals surface area contributed by atoms with Crippen molar-refractivity contribution in [2.24, 2.45) is 5.41 Å². The number of rotatable bonds is 1. The Kier molecular flexibility index (Phi) is 2.50. The maximum atomic E-state index is 11.6. The molecule has 0 spiro atoms. The monoisotopic (exact) mass is 199 g/mol. The van der Waals surface area contributed by atoms with Crippen LogP contribution in [0.15, 0.2) is 11.6 Å². The summed E-state index contributed by atoms with van der Waals surface area (Å²) in [6.45, 7) is 12.2. The van der Waals surface area contributed by atoms with Gasteiger partial charge < -0.3 is 5.32 Å². The highest BCUT2D eigenvalue weighted by Crippen LogP contribution is 2.43. The Hall–Kier alpha value is -0.440. The Morgan fingerprint density at radius 1 is 1.54 bits per heavy atom. The van der Waals surface area contributed by atoms with Crippen LogP contribution in [0.5, 0.6) is 0 Å². The van der Waals surface area contributed by atoms with E-state index in [9.17, 15) is 4.79 Å². The first-order valence-corrected chi connectivity index (χ1v) is 5.24. The van der Waals surface area contributed by atoms with E-state index in [-0.39, 0.29) is 16.1 Å². The standard InChI is InChI=1S/C10H17NOS/c1-7-11-8(12)10(5,13-7)6-9(2,3)4/h1,6H2,2-5H3,(H,11,12). The van der Waals surface area contributed by atoms with E-state index in [4.69, 9.17) is 0 Å². The average molecular weight is 199 g/mol. The Morgan fingerprint density at radius 2 is 2.08 bits per heavy atom. The number of thioether (sulfide) groups is 1. The highest BCUT2D eigenvalue weighted by atomic mass is 32.2. The van der Waals surface area contributed by atoms with Crippen LogP contribution >= 0.6 is 11.8 Å². The molecule has 0 radical (unpaired) electrons. The van der Waals surface area contributed by atoms with Crippen molar-refractivity contribution in [3.05, 3.63) is 11.6 Å². The van der Waals surface area contributed by atoms with Gasteiger partial charge in [0.1, 0.15) is 0 Å². The van der Waals surface area contributed by atoms with Gasteiger partial charge in [-0.05, 0) is 18.8 Å². The number of carbonyl (C=O) groups excluding carboxylic acids is 1. The van der Waals surface area contributed by atoms with Crippen molar-refractivity contribution in [1.82, 2.24) is 5.32 Å². The van der Waals surface area contributed by atoms with Crippen LogP contribution in [0, 0.1) is 5.41 Å². The molecule has 1 saturated heterocycles. The third-order valence-corrected chi connectivity index (χ3v) is 3.08. The molecule has 1 fully saturated rings.